The Labute approximate surface area is 272 Å². The van der Waals surface area contributed by atoms with Crippen molar-refractivity contribution in [3.63, 3.8) is 0 Å². The highest BCUT2D eigenvalue weighted by atomic mass is 16.8. The number of benzene rings is 2. The molecule has 0 spiro atoms. The van der Waals surface area contributed by atoms with Crippen LogP contribution in [-0.2, 0) is 46.5 Å². The van der Waals surface area contributed by atoms with Crippen LogP contribution in [0.3, 0.4) is 0 Å². The molecule has 0 radical (unpaired) electrons. The number of ether oxygens (including phenoxy) is 4. The number of nitrogens with zero attached hydrogens (tertiary/aromatic N) is 1. The molecule has 4 aliphatic heterocycles. The molecule has 2 aliphatic carbocycles. The number of carbonyl (C=O) groups is 3. The number of rotatable bonds is 10. The fourth-order valence-electron chi connectivity index (χ4n) is 8.11. The van der Waals surface area contributed by atoms with Gasteiger partial charge in [-0.1, -0.05) is 48.6 Å². The summed E-state index contributed by atoms with van der Waals surface area (Å²) in [4.78, 5) is 47.0. The van der Waals surface area contributed by atoms with Crippen LogP contribution in [0.25, 0.3) is 6.08 Å². The van der Waals surface area contributed by atoms with E-state index < -0.39 is 41.8 Å². The van der Waals surface area contributed by atoms with E-state index in [0.717, 1.165) is 30.4 Å². The number of fused-ring (bicyclic) bond motifs is 5. The van der Waals surface area contributed by atoms with Gasteiger partial charge in [0.25, 0.3) is 5.91 Å². The van der Waals surface area contributed by atoms with Crippen molar-refractivity contribution in [2.45, 2.75) is 81.4 Å². The average molecular weight is 646 g/mol. The van der Waals surface area contributed by atoms with Crippen molar-refractivity contribution in [3.8, 4) is 0 Å². The predicted molar refractivity (Wildman–Crippen MR) is 165 cm³/mol. The third-order valence-electron chi connectivity index (χ3n) is 10.4. The maximum Gasteiger partial charge on any atom is 0.327 e. The minimum atomic E-state index is -1.27. The molecule has 8 rings (SSSR count). The normalized spacial score (nSPS) is 35.2. The molecule has 3 N–H and O–H groups in total. The maximum absolute atomic E-state index is 14.3. The fourth-order valence-corrected chi connectivity index (χ4v) is 8.11. The van der Waals surface area contributed by atoms with Crippen molar-refractivity contribution < 1.29 is 43.3 Å². The molecule has 4 saturated heterocycles. The van der Waals surface area contributed by atoms with Gasteiger partial charge in [-0.2, -0.15) is 5.06 Å². The maximum atomic E-state index is 14.3. The molecule has 4 heterocycles. The van der Waals surface area contributed by atoms with Gasteiger partial charge in [-0.05, 0) is 54.0 Å². The van der Waals surface area contributed by atoms with Crippen LogP contribution in [0, 0.1) is 11.3 Å². The number of epoxide rings is 1. The molecule has 2 aromatic rings. The topological polar surface area (TPSA) is 148 Å². The summed E-state index contributed by atoms with van der Waals surface area (Å²) in [5, 5.41) is 16.3. The van der Waals surface area contributed by atoms with Crippen LogP contribution in [0.5, 0.6) is 0 Å². The van der Waals surface area contributed by atoms with Gasteiger partial charge in [0.15, 0.2) is 6.04 Å². The van der Waals surface area contributed by atoms with Crippen LogP contribution in [0.15, 0.2) is 54.6 Å². The van der Waals surface area contributed by atoms with Crippen LogP contribution < -0.4 is 10.6 Å². The molecule has 2 saturated carbocycles. The molecule has 9 unspecified atom stereocenters. The first-order valence-corrected chi connectivity index (χ1v) is 16.5. The van der Waals surface area contributed by atoms with E-state index in [9.17, 15) is 14.4 Å². The molecule has 2 aromatic carbocycles. The summed E-state index contributed by atoms with van der Waals surface area (Å²) in [6.45, 7) is 0.409. The van der Waals surface area contributed by atoms with Gasteiger partial charge in [-0.25, -0.2) is 0 Å². The Morgan fingerprint density at radius 1 is 1.00 bits per heavy atom. The monoisotopic (exact) mass is 645 g/mol. The zero-order chi connectivity index (χ0) is 32.1. The molecule has 0 aromatic heterocycles. The minimum absolute atomic E-state index is 0.0274. The fraction of sp³-hybridized carbons (Fsp3) is 0.514. The molecule has 2 amide bonds. The van der Waals surface area contributed by atoms with E-state index in [2.05, 4.69) is 34.9 Å². The number of carbonyl (C=O) groups excluding carboxylic acids is 3. The number of aliphatic hydroxyl groups excluding tert-OH is 1. The molecular formula is C35H39N3O9. The highest BCUT2D eigenvalue weighted by Crippen LogP contribution is 2.55. The summed E-state index contributed by atoms with van der Waals surface area (Å²) in [6.07, 6.45) is 6.35. The molecule has 12 heteroatoms. The van der Waals surface area contributed by atoms with Gasteiger partial charge in [0.05, 0.1) is 25.4 Å². The third kappa shape index (κ3) is 5.66. The zero-order valence-corrected chi connectivity index (χ0v) is 25.9. The van der Waals surface area contributed by atoms with Crippen molar-refractivity contribution in [1.82, 2.24) is 15.7 Å². The molecular weight excluding hydrogens is 606 g/mol. The largest absolute Gasteiger partial charge is 0.458 e. The lowest BCUT2D eigenvalue weighted by atomic mass is 9.62. The standard InChI is InChI=1S/C35H39N3O9/c39-12-11-36-32(40)24-6-2-4-22(14-24)17-37-34(42)35-16-27-28-29(44-19-43-28)31(35)47-38(30(35)33(41)46-27)18-23-5-1-3-20(13-23)7-8-21-9-10-25-26(15-21)45-25/h1-8,13-14,21,25-31,39H,9-12,15-19H2,(H,36,40)(H,37,42). The summed E-state index contributed by atoms with van der Waals surface area (Å²) in [7, 11) is 0. The Kier molecular flexibility index (Phi) is 8.11. The highest BCUT2D eigenvalue weighted by molar-refractivity contribution is 5.95. The quantitative estimate of drug-likeness (QED) is 0.258. The van der Waals surface area contributed by atoms with Crippen LogP contribution in [0.4, 0.5) is 0 Å². The first-order chi connectivity index (χ1) is 22.9. The molecule has 248 valence electrons. The molecule has 12 nitrogen and oxygen atoms in total. The summed E-state index contributed by atoms with van der Waals surface area (Å²) in [6, 6.07) is 14.0. The SMILES string of the molecule is O=C(NCCO)c1cccc(CNC(=O)C23CC4OC(=O)C2N(Cc2cccc(C=CC5CCC6OC6C5)c2)OC3C2OCOC42)c1. The van der Waals surface area contributed by atoms with Crippen LogP contribution in [0.1, 0.15) is 52.7 Å². The lowest BCUT2D eigenvalue weighted by Crippen LogP contribution is -2.69. The van der Waals surface area contributed by atoms with Crippen LogP contribution >= 0.6 is 0 Å². The van der Waals surface area contributed by atoms with Gasteiger partial charge < -0.3 is 34.7 Å². The molecule has 6 aliphatic rings. The predicted octanol–water partition coefficient (Wildman–Crippen LogP) is 1.85. The van der Waals surface area contributed by atoms with Gasteiger partial charge >= 0.3 is 5.97 Å². The van der Waals surface area contributed by atoms with Crippen LogP contribution in [-0.4, -0.2) is 90.6 Å². The van der Waals surface area contributed by atoms with Crippen molar-refractivity contribution in [1.29, 1.82) is 0 Å². The Balaban J connectivity index is 1.02. The summed E-state index contributed by atoms with van der Waals surface area (Å²) >= 11 is 0. The molecule has 9 atom stereocenters. The number of nitrogens with one attached hydrogen (secondary N) is 2. The smallest absolute Gasteiger partial charge is 0.327 e. The van der Waals surface area contributed by atoms with Crippen molar-refractivity contribution in [3.05, 3.63) is 76.9 Å². The molecule has 2 bridgehead atoms. The average Bonchev–Trinajstić information content (AvgIpc) is 3.52. The third-order valence-corrected chi connectivity index (χ3v) is 10.4. The zero-order valence-electron chi connectivity index (χ0n) is 25.9. The highest BCUT2D eigenvalue weighted by Gasteiger charge is 2.74. The first kappa shape index (κ1) is 30.7. The number of amides is 2. The van der Waals surface area contributed by atoms with E-state index in [1.165, 1.54) is 0 Å². The number of hydrogen-bond acceptors (Lipinski definition) is 10. The van der Waals surface area contributed by atoms with E-state index in [0.29, 0.717) is 29.3 Å². The number of hydroxylamine groups is 2. The van der Waals surface area contributed by atoms with E-state index in [1.54, 1.807) is 23.3 Å². The van der Waals surface area contributed by atoms with E-state index in [-0.39, 0.29) is 51.3 Å². The number of allylic oxidation sites excluding steroid dienone is 1. The van der Waals surface area contributed by atoms with Crippen molar-refractivity contribution in [2.75, 3.05) is 19.9 Å². The second kappa shape index (κ2) is 12.4. The lowest BCUT2D eigenvalue weighted by molar-refractivity contribution is -0.201. The first-order valence-electron chi connectivity index (χ1n) is 16.5. The van der Waals surface area contributed by atoms with Gasteiger partial charge in [-0.15, -0.1) is 0 Å². The Morgan fingerprint density at radius 3 is 2.72 bits per heavy atom. The molecule has 6 fully saturated rings. The number of hydrogen-bond donors (Lipinski definition) is 3. The van der Waals surface area contributed by atoms with Crippen LogP contribution in [0.2, 0.25) is 0 Å². The van der Waals surface area contributed by atoms with Crippen molar-refractivity contribution >= 4 is 23.9 Å². The Morgan fingerprint density at radius 2 is 1.85 bits per heavy atom. The number of esters is 1. The number of aliphatic hydroxyl groups is 1. The Bertz CT molecular complexity index is 1580. The van der Waals surface area contributed by atoms with E-state index in [1.807, 2.05) is 18.2 Å². The second-order valence-electron chi connectivity index (χ2n) is 13.4. The van der Waals surface area contributed by atoms with Gasteiger partial charge in [0, 0.05) is 25.1 Å². The Hall–Kier alpha value is -3.65. The van der Waals surface area contributed by atoms with E-state index >= 15 is 0 Å². The van der Waals surface area contributed by atoms with Gasteiger partial charge in [0.1, 0.15) is 36.6 Å². The van der Waals surface area contributed by atoms with Gasteiger partial charge in [0.2, 0.25) is 5.91 Å². The molecule has 47 heavy (non-hydrogen) atoms. The second-order valence-corrected chi connectivity index (χ2v) is 13.4. The van der Waals surface area contributed by atoms with Gasteiger partial charge in [-0.3, -0.25) is 19.2 Å². The minimum Gasteiger partial charge on any atom is -0.458 e. The summed E-state index contributed by atoms with van der Waals surface area (Å²) in [5.74, 6) is -0.679. The summed E-state index contributed by atoms with van der Waals surface area (Å²) in [5.41, 5.74) is 1.84. The van der Waals surface area contributed by atoms with E-state index in [4.69, 9.17) is 28.9 Å². The van der Waals surface area contributed by atoms with Crippen molar-refractivity contribution in [2.24, 2.45) is 11.3 Å². The summed E-state index contributed by atoms with van der Waals surface area (Å²) < 4.78 is 23.4. The lowest BCUT2D eigenvalue weighted by Gasteiger charge is -2.48.